The zero-order chi connectivity index (χ0) is 48.1. The van der Waals surface area contributed by atoms with E-state index >= 15 is 4.39 Å². The fourth-order valence-electron chi connectivity index (χ4n) is 13.3. The van der Waals surface area contributed by atoms with Crippen LogP contribution in [0.15, 0.2) is 72.8 Å². The lowest BCUT2D eigenvalue weighted by Gasteiger charge is -2.59. The number of imide groups is 1. The molecular weight excluding hydrogens is 917 g/mol. The number of methoxy groups -OCH3 is 1. The molecule has 11 rings (SSSR count). The van der Waals surface area contributed by atoms with E-state index in [9.17, 15) is 19.2 Å². The molecular formula is C54H60Cl2FN7O5. The topological polar surface area (TPSA) is 135 Å². The molecule has 4 amide bonds. The van der Waals surface area contributed by atoms with E-state index < -0.39 is 29.2 Å². The summed E-state index contributed by atoms with van der Waals surface area (Å²) in [6, 6.07) is 21.7. The van der Waals surface area contributed by atoms with Crippen molar-refractivity contribution in [2.24, 2.45) is 10.8 Å². The van der Waals surface area contributed by atoms with Crippen LogP contribution in [0, 0.1) is 16.6 Å². The van der Waals surface area contributed by atoms with E-state index in [2.05, 4.69) is 64.0 Å². The summed E-state index contributed by atoms with van der Waals surface area (Å²) in [6.07, 6.45) is 5.89. The average molecular weight is 977 g/mol. The molecule has 5 fully saturated rings. The Hall–Kier alpha value is -5.21. The summed E-state index contributed by atoms with van der Waals surface area (Å²) >= 11 is 13.0. The Morgan fingerprint density at radius 1 is 0.957 bits per heavy atom. The molecule has 1 unspecified atom stereocenters. The Morgan fingerprint density at radius 2 is 1.71 bits per heavy atom. The molecule has 69 heavy (non-hydrogen) atoms. The number of carbonyl (C=O) groups excluding carboxylic acids is 4. The molecule has 1 aliphatic carbocycles. The number of likely N-dealkylation sites (tertiary alicyclic amines) is 1. The highest BCUT2D eigenvalue weighted by Gasteiger charge is 2.62. The zero-order valence-electron chi connectivity index (χ0n) is 39.6. The SMILES string of the molecule is COc1cc(N2CCC3(CC2)CC(N2CC(c4cccc5c4CN(C4CCC(=O)NC4=O)C5=O)C2)C3)ccc1NC(=O)[C@@H]1N[C@@H](CC(C)(C)C)[C@@]2(CNc3cc(Cl)ccc32)[C@H]1c1cccc(Cl)c1F. The van der Waals surface area contributed by atoms with Crippen LogP contribution in [0.4, 0.5) is 21.5 Å². The Labute approximate surface area is 413 Å². The van der Waals surface area contributed by atoms with Crippen molar-refractivity contribution in [1.82, 2.24) is 20.4 Å². The van der Waals surface area contributed by atoms with Gasteiger partial charge in [-0.05, 0) is 108 Å². The molecule has 1 saturated carbocycles. The van der Waals surface area contributed by atoms with Gasteiger partial charge < -0.3 is 30.5 Å². The Bertz CT molecular complexity index is 2760. The van der Waals surface area contributed by atoms with E-state index in [1.807, 2.05) is 42.5 Å². The average Bonchev–Trinajstić information content (AvgIpc) is 3.94. The first-order valence-electron chi connectivity index (χ1n) is 24.5. The molecule has 15 heteroatoms. The van der Waals surface area contributed by atoms with Gasteiger partial charge in [0, 0.05) is 103 Å². The first-order chi connectivity index (χ1) is 33.0. The number of carbonyl (C=O) groups is 4. The van der Waals surface area contributed by atoms with Gasteiger partial charge in [-0.15, -0.1) is 0 Å². The zero-order valence-corrected chi connectivity index (χ0v) is 41.1. The van der Waals surface area contributed by atoms with Crippen LogP contribution in [0.5, 0.6) is 5.75 Å². The van der Waals surface area contributed by atoms with Gasteiger partial charge in [-0.3, -0.25) is 29.4 Å². The van der Waals surface area contributed by atoms with Crippen molar-refractivity contribution in [3.05, 3.63) is 116 Å². The lowest BCUT2D eigenvalue weighted by Crippen LogP contribution is -2.60. The van der Waals surface area contributed by atoms with Crippen molar-refractivity contribution in [3.63, 3.8) is 0 Å². The highest BCUT2D eigenvalue weighted by Crippen LogP contribution is 2.57. The van der Waals surface area contributed by atoms with Gasteiger partial charge in [-0.1, -0.05) is 74.3 Å². The minimum Gasteiger partial charge on any atom is -0.494 e. The number of rotatable bonds is 9. The first-order valence-corrected chi connectivity index (χ1v) is 25.3. The summed E-state index contributed by atoms with van der Waals surface area (Å²) in [5.41, 5.74) is 6.29. The second-order valence-electron chi connectivity index (χ2n) is 22.0. The molecule has 362 valence electrons. The Morgan fingerprint density at radius 3 is 2.45 bits per heavy atom. The molecule has 12 nitrogen and oxygen atoms in total. The number of nitrogens with one attached hydrogen (secondary N) is 4. The predicted molar refractivity (Wildman–Crippen MR) is 266 cm³/mol. The van der Waals surface area contributed by atoms with E-state index in [4.69, 9.17) is 27.9 Å². The van der Waals surface area contributed by atoms with E-state index in [1.165, 1.54) is 18.4 Å². The van der Waals surface area contributed by atoms with Crippen molar-refractivity contribution < 1.29 is 28.3 Å². The highest BCUT2D eigenvalue weighted by molar-refractivity contribution is 6.31. The standard InChI is InChI=1S/C54H60Cl2FN7O5/c1-52(2,3)25-44-54(29-58-41-21-31(55)11-13-38(41)54)46(36-9-6-10-39(56)47(36)57)48(60-44)50(67)59-40-14-12-32(22-43(40)69-4)62-19-17-53(18-20-62)23-33(24-53)63-26-30(27-63)34-7-5-8-35-37(34)28-64(51(35)68)42-15-16-45(65)61-49(42)66/h5-14,21-22,30,33,42,44,46,48,58,60H,15-20,23-29H2,1-4H3,(H,59,67)(H,61,65,66)/t42?,44-,46-,48+,54-/m0/s1. The van der Waals surface area contributed by atoms with Crippen molar-refractivity contribution in [2.75, 3.05) is 55.4 Å². The number of piperidine rings is 2. The maximum atomic E-state index is 16.4. The van der Waals surface area contributed by atoms with Gasteiger partial charge in [0.1, 0.15) is 17.6 Å². The van der Waals surface area contributed by atoms with Gasteiger partial charge in [0.15, 0.2) is 0 Å². The largest absolute Gasteiger partial charge is 0.494 e. The van der Waals surface area contributed by atoms with E-state index in [1.54, 1.807) is 30.2 Å². The number of fused-ring (bicyclic) bond motifs is 3. The van der Waals surface area contributed by atoms with Crippen LogP contribution in [0.2, 0.25) is 10.0 Å². The summed E-state index contributed by atoms with van der Waals surface area (Å²) in [6.45, 7) is 11.2. The molecule has 4 saturated heterocycles. The molecule has 0 bridgehead atoms. The molecule has 6 aliphatic heterocycles. The number of hydrogen-bond acceptors (Lipinski definition) is 9. The van der Waals surface area contributed by atoms with Crippen LogP contribution in [-0.4, -0.2) is 97.4 Å². The minimum atomic E-state index is -0.813. The monoisotopic (exact) mass is 975 g/mol. The smallest absolute Gasteiger partial charge is 0.255 e. The van der Waals surface area contributed by atoms with Crippen LogP contribution in [-0.2, 0) is 26.3 Å². The van der Waals surface area contributed by atoms with Crippen molar-refractivity contribution >= 4 is 63.9 Å². The number of halogens is 3. The van der Waals surface area contributed by atoms with Crippen molar-refractivity contribution in [1.29, 1.82) is 0 Å². The summed E-state index contributed by atoms with van der Waals surface area (Å²) in [4.78, 5) is 59.3. The first kappa shape index (κ1) is 46.2. The molecule has 0 aromatic heterocycles. The lowest BCUT2D eigenvalue weighted by molar-refractivity contribution is -0.137. The maximum absolute atomic E-state index is 16.4. The highest BCUT2D eigenvalue weighted by atomic mass is 35.5. The van der Waals surface area contributed by atoms with Crippen molar-refractivity contribution in [3.8, 4) is 5.75 Å². The Balaban J connectivity index is 0.740. The van der Waals surface area contributed by atoms with Gasteiger partial charge in [0.05, 0.1) is 23.9 Å². The number of nitrogens with zero attached hydrogens (tertiary/aromatic N) is 3. The summed E-state index contributed by atoms with van der Waals surface area (Å²) in [7, 11) is 1.62. The second kappa shape index (κ2) is 17.3. The third kappa shape index (κ3) is 7.95. The minimum absolute atomic E-state index is 0.0153. The summed E-state index contributed by atoms with van der Waals surface area (Å²) in [5.74, 6) is -1.30. The van der Waals surface area contributed by atoms with E-state index in [-0.39, 0.29) is 46.5 Å². The quantitative estimate of drug-likeness (QED) is 0.122. The third-order valence-corrected chi connectivity index (χ3v) is 17.3. The summed E-state index contributed by atoms with van der Waals surface area (Å²) in [5, 5.41) is 13.5. The van der Waals surface area contributed by atoms with Gasteiger partial charge >= 0.3 is 0 Å². The molecule has 4 aromatic rings. The van der Waals surface area contributed by atoms with Crippen molar-refractivity contribution in [2.45, 2.75) is 114 Å². The number of amides is 4. The third-order valence-electron chi connectivity index (χ3n) is 16.8. The molecule has 4 aromatic carbocycles. The predicted octanol–water partition coefficient (Wildman–Crippen LogP) is 8.61. The number of benzene rings is 4. The molecule has 2 spiro atoms. The molecule has 0 radical (unpaired) electrons. The van der Waals surface area contributed by atoms with Crippen LogP contribution in [0.25, 0.3) is 0 Å². The Kier molecular flexibility index (Phi) is 11.6. The number of hydrogen-bond donors (Lipinski definition) is 4. The molecule has 7 aliphatic rings. The number of anilines is 3. The normalized spacial score (nSPS) is 26.7. The molecule has 5 atom stereocenters. The van der Waals surface area contributed by atoms with E-state index in [0.29, 0.717) is 64.5 Å². The fraction of sp³-hybridized carbons (Fsp3) is 0.481. The van der Waals surface area contributed by atoms with Crippen LogP contribution in [0.1, 0.15) is 110 Å². The molecule has 4 N–H and O–H groups in total. The van der Waals surface area contributed by atoms with Gasteiger partial charge in [-0.2, -0.15) is 0 Å². The van der Waals surface area contributed by atoms with Gasteiger partial charge in [0.2, 0.25) is 17.7 Å². The van der Waals surface area contributed by atoms with E-state index in [0.717, 1.165) is 67.9 Å². The maximum Gasteiger partial charge on any atom is 0.255 e. The second-order valence-corrected chi connectivity index (χ2v) is 22.9. The van der Waals surface area contributed by atoms with Crippen LogP contribution >= 0.6 is 23.2 Å². The van der Waals surface area contributed by atoms with Gasteiger partial charge in [0.25, 0.3) is 5.91 Å². The van der Waals surface area contributed by atoms with Crippen LogP contribution < -0.4 is 30.9 Å². The fourth-order valence-corrected chi connectivity index (χ4v) is 13.7. The number of ether oxygens (including phenoxy) is 1. The summed E-state index contributed by atoms with van der Waals surface area (Å²) < 4.78 is 22.3. The molecule has 6 heterocycles. The lowest BCUT2D eigenvalue weighted by atomic mass is 9.59. The van der Waals surface area contributed by atoms with Gasteiger partial charge in [-0.25, -0.2) is 4.39 Å². The van der Waals surface area contributed by atoms with Crippen LogP contribution in [0.3, 0.4) is 0 Å².